The third-order valence-electron chi connectivity index (χ3n) is 3.66. The molecule has 0 radical (unpaired) electrons. The smallest absolute Gasteiger partial charge is 0.243 e. The second kappa shape index (κ2) is 9.41. The number of nitrogens with zero attached hydrogens (tertiary/aromatic N) is 1. The first kappa shape index (κ1) is 19.2. The molecule has 2 rings (SSSR count). The minimum atomic E-state index is -0.0955. The molecule has 0 saturated carbocycles. The molecule has 0 atom stereocenters. The van der Waals surface area contributed by atoms with Crippen LogP contribution in [0.15, 0.2) is 48.5 Å². The fraction of sp³-hybridized carbons (Fsp3) is 0.263. The zero-order chi connectivity index (χ0) is 18.2. The number of hydrogen-bond acceptors (Lipinski definition) is 3. The Morgan fingerprint density at radius 1 is 0.960 bits per heavy atom. The van der Waals surface area contributed by atoms with Crippen LogP contribution in [0, 0.1) is 3.57 Å². The number of carbonyl (C=O) groups excluding carboxylic acids is 2. The van der Waals surface area contributed by atoms with Crippen LogP contribution in [0.1, 0.15) is 12.0 Å². The number of hydrogen-bond donors (Lipinski definition) is 2. The number of anilines is 2. The van der Waals surface area contributed by atoms with Crippen molar-refractivity contribution < 1.29 is 9.59 Å². The molecule has 6 heteroatoms. The summed E-state index contributed by atoms with van der Waals surface area (Å²) in [5.41, 5.74) is 2.76. The molecule has 5 nitrogen and oxygen atoms in total. The Balaban J connectivity index is 1.78. The Morgan fingerprint density at radius 3 is 2.16 bits per heavy atom. The second-order valence-corrected chi connectivity index (χ2v) is 7.14. The zero-order valence-electron chi connectivity index (χ0n) is 14.4. The highest BCUT2D eigenvalue weighted by atomic mass is 127. The molecule has 0 fully saturated rings. The third-order valence-corrected chi connectivity index (χ3v) is 4.38. The molecule has 2 amide bonds. The van der Waals surface area contributed by atoms with E-state index in [1.54, 1.807) is 19.0 Å². The van der Waals surface area contributed by atoms with E-state index >= 15 is 0 Å². The molecule has 0 saturated heterocycles. The number of halogens is 1. The highest BCUT2D eigenvalue weighted by Gasteiger charge is 2.05. The van der Waals surface area contributed by atoms with E-state index in [0.717, 1.165) is 20.5 Å². The Kier molecular flexibility index (Phi) is 7.24. The summed E-state index contributed by atoms with van der Waals surface area (Å²) in [6.45, 7) is 0.199. The normalized spacial score (nSPS) is 10.2. The minimum absolute atomic E-state index is 0.0955. The number of aryl methyl sites for hydroxylation is 1. The van der Waals surface area contributed by atoms with Crippen molar-refractivity contribution in [2.24, 2.45) is 0 Å². The van der Waals surface area contributed by atoms with Crippen molar-refractivity contribution in [2.75, 3.05) is 31.3 Å². The molecule has 2 N–H and O–H groups in total. The van der Waals surface area contributed by atoms with Crippen LogP contribution in [0.3, 0.4) is 0 Å². The van der Waals surface area contributed by atoms with E-state index in [9.17, 15) is 9.59 Å². The number of nitrogens with one attached hydrogen (secondary N) is 2. The number of rotatable bonds is 7. The molecule has 2 aromatic carbocycles. The molecular formula is C19H22IN3O2. The van der Waals surface area contributed by atoms with E-state index in [4.69, 9.17) is 0 Å². The third kappa shape index (κ3) is 6.74. The molecule has 132 valence electrons. The summed E-state index contributed by atoms with van der Waals surface area (Å²) >= 11 is 2.22. The quantitative estimate of drug-likeness (QED) is 0.635. The van der Waals surface area contributed by atoms with Gasteiger partial charge in [-0.2, -0.15) is 0 Å². The van der Waals surface area contributed by atoms with Crippen LogP contribution in [0.2, 0.25) is 0 Å². The summed E-state index contributed by atoms with van der Waals surface area (Å²) in [4.78, 5) is 25.2. The Labute approximate surface area is 161 Å². The molecule has 0 aliphatic heterocycles. The van der Waals surface area contributed by atoms with Gasteiger partial charge in [-0.3, -0.25) is 9.59 Å². The van der Waals surface area contributed by atoms with Gasteiger partial charge in [0.25, 0.3) is 0 Å². The average Bonchev–Trinajstić information content (AvgIpc) is 2.60. The van der Waals surface area contributed by atoms with E-state index in [0.29, 0.717) is 12.8 Å². The van der Waals surface area contributed by atoms with Crippen molar-refractivity contribution in [3.63, 3.8) is 0 Å². The Hall–Kier alpha value is -2.09. The van der Waals surface area contributed by atoms with Gasteiger partial charge in [0.2, 0.25) is 11.8 Å². The first-order chi connectivity index (χ1) is 11.9. The van der Waals surface area contributed by atoms with Crippen molar-refractivity contribution in [1.82, 2.24) is 4.90 Å². The lowest BCUT2D eigenvalue weighted by atomic mass is 10.1. The van der Waals surface area contributed by atoms with Gasteiger partial charge in [-0.1, -0.05) is 12.1 Å². The zero-order valence-corrected chi connectivity index (χ0v) is 16.5. The molecule has 0 aromatic heterocycles. The summed E-state index contributed by atoms with van der Waals surface area (Å²) in [6, 6.07) is 15.4. The predicted molar refractivity (Wildman–Crippen MR) is 110 cm³/mol. The van der Waals surface area contributed by atoms with E-state index in [2.05, 4.69) is 33.2 Å². The van der Waals surface area contributed by atoms with Crippen LogP contribution >= 0.6 is 22.6 Å². The van der Waals surface area contributed by atoms with E-state index in [-0.39, 0.29) is 18.4 Å². The van der Waals surface area contributed by atoms with Gasteiger partial charge < -0.3 is 15.5 Å². The van der Waals surface area contributed by atoms with Crippen molar-refractivity contribution in [3.8, 4) is 0 Å². The fourth-order valence-electron chi connectivity index (χ4n) is 2.18. The first-order valence-corrected chi connectivity index (χ1v) is 9.10. The molecule has 2 aromatic rings. The second-order valence-electron chi connectivity index (χ2n) is 5.89. The number of benzene rings is 2. The van der Waals surface area contributed by atoms with Crippen LogP contribution in [0.4, 0.5) is 11.4 Å². The lowest BCUT2D eigenvalue weighted by molar-refractivity contribution is -0.128. The van der Waals surface area contributed by atoms with Crippen LogP contribution in [-0.2, 0) is 16.0 Å². The molecule has 0 aliphatic rings. The molecule has 0 bridgehead atoms. The Bertz CT molecular complexity index is 712. The van der Waals surface area contributed by atoms with Gasteiger partial charge >= 0.3 is 0 Å². The maximum atomic E-state index is 12.0. The van der Waals surface area contributed by atoms with Gasteiger partial charge in [0, 0.05) is 35.5 Å². The largest absolute Gasteiger partial charge is 0.376 e. The van der Waals surface area contributed by atoms with Crippen LogP contribution < -0.4 is 10.6 Å². The van der Waals surface area contributed by atoms with Gasteiger partial charge in [0.15, 0.2) is 0 Å². The summed E-state index contributed by atoms with van der Waals surface area (Å²) < 4.78 is 1.13. The standard InChI is InChI=1S/C19H22IN3O2/c1-23(2)19(25)12-5-14-3-8-16(9-4-14)21-13-18(24)22-17-10-6-15(20)7-11-17/h3-4,6-11,21H,5,12-13H2,1-2H3,(H,22,24). The highest BCUT2D eigenvalue weighted by Crippen LogP contribution is 2.13. The first-order valence-electron chi connectivity index (χ1n) is 8.02. The summed E-state index contributed by atoms with van der Waals surface area (Å²) in [7, 11) is 3.52. The molecule has 0 spiro atoms. The fourth-order valence-corrected chi connectivity index (χ4v) is 2.54. The molecule has 0 unspecified atom stereocenters. The van der Waals surface area contributed by atoms with Crippen molar-refractivity contribution >= 4 is 45.8 Å². The lowest BCUT2D eigenvalue weighted by Gasteiger charge is -2.11. The van der Waals surface area contributed by atoms with E-state index in [1.165, 1.54) is 0 Å². The van der Waals surface area contributed by atoms with E-state index < -0.39 is 0 Å². The highest BCUT2D eigenvalue weighted by molar-refractivity contribution is 14.1. The van der Waals surface area contributed by atoms with Crippen molar-refractivity contribution in [3.05, 3.63) is 57.7 Å². The predicted octanol–water partition coefficient (Wildman–Crippen LogP) is 3.36. The number of carbonyl (C=O) groups is 2. The maximum Gasteiger partial charge on any atom is 0.243 e. The minimum Gasteiger partial charge on any atom is -0.376 e. The van der Waals surface area contributed by atoms with Crippen LogP contribution in [-0.4, -0.2) is 37.4 Å². The number of amides is 2. The Morgan fingerprint density at radius 2 is 1.56 bits per heavy atom. The molecule has 25 heavy (non-hydrogen) atoms. The molecular weight excluding hydrogens is 429 g/mol. The van der Waals surface area contributed by atoms with Gasteiger partial charge in [-0.15, -0.1) is 0 Å². The van der Waals surface area contributed by atoms with Gasteiger partial charge in [-0.25, -0.2) is 0 Å². The monoisotopic (exact) mass is 451 g/mol. The summed E-state index contributed by atoms with van der Waals surface area (Å²) in [5, 5.41) is 5.94. The van der Waals surface area contributed by atoms with Crippen molar-refractivity contribution in [1.29, 1.82) is 0 Å². The summed E-state index contributed by atoms with van der Waals surface area (Å²) in [6.07, 6.45) is 1.21. The van der Waals surface area contributed by atoms with Gasteiger partial charge in [0.05, 0.1) is 6.54 Å². The van der Waals surface area contributed by atoms with Crippen LogP contribution in [0.5, 0.6) is 0 Å². The van der Waals surface area contributed by atoms with Gasteiger partial charge in [0.1, 0.15) is 0 Å². The maximum absolute atomic E-state index is 12.0. The SMILES string of the molecule is CN(C)C(=O)CCc1ccc(NCC(=O)Nc2ccc(I)cc2)cc1. The lowest BCUT2D eigenvalue weighted by Crippen LogP contribution is -2.22. The van der Waals surface area contributed by atoms with Crippen LogP contribution in [0.25, 0.3) is 0 Å². The molecule has 0 heterocycles. The summed E-state index contributed by atoms with van der Waals surface area (Å²) in [5.74, 6) is 0.0244. The average molecular weight is 451 g/mol. The topological polar surface area (TPSA) is 61.4 Å². The van der Waals surface area contributed by atoms with Gasteiger partial charge in [-0.05, 0) is 71.0 Å². The van der Waals surface area contributed by atoms with E-state index in [1.807, 2.05) is 48.5 Å². The van der Waals surface area contributed by atoms with Crippen molar-refractivity contribution in [2.45, 2.75) is 12.8 Å². The molecule has 0 aliphatic carbocycles.